The lowest BCUT2D eigenvalue weighted by Gasteiger charge is -2.24. The second-order valence-corrected chi connectivity index (χ2v) is 4.80. The highest BCUT2D eigenvalue weighted by molar-refractivity contribution is 5.80. The van der Waals surface area contributed by atoms with Crippen LogP contribution in [-0.4, -0.2) is 48.2 Å². The van der Waals surface area contributed by atoms with Crippen molar-refractivity contribution in [2.24, 2.45) is 0 Å². The van der Waals surface area contributed by atoms with Gasteiger partial charge in [-0.25, -0.2) is 0 Å². The zero-order valence-electron chi connectivity index (χ0n) is 11.4. The normalized spacial score (nSPS) is 20.0. The number of aromatic nitrogens is 1. The lowest BCUT2D eigenvalue weighted by Crippen LogP contribution is -2.41. The van der Waals surface area contributed by atoms with Crippen LogP contribution in [0.3, 0.4) is 0 Å². The summed E-state index contributed by atoms with van der Waals surface area (Å²) in [5.74, 6) is 0.563. The molecule has 1 saturated heterocycles. The zero-order valence-corrected chi connectivity index (χ0v) is 11.4. The van der Waals surface area contributed by atoms with Gasteiger partial charge in [-0.3, -0.25) is 9.78 Å². The van der Waals surface area contributed by atoms with E-state index in [1.807, 2.05) is 0 Å². The minimum atomic E-state index is -0.518. The van der Waals surface area contributed by atoms with Crippen molar-refractivity contribution in [1.82, 2.24) is 9.88 Å². The first-order valence-electron chi connectivity index (χ1n) is 6.60. The molecule has 2 rings (SSSR count). The Bertz CT molecular complexity index is 404. The molecule has 0 bridgehead atoms. The maximum absolute atomic E-state index is 12.2. The van der Waals surface area contributed by atoms with Crippen LogP contribution in [0.15, 0.2) is 24.5 Å². The molecule has 5 nitrogen and oxygen atoms in total. The Morgan fingerprint density at radius 1 is 1.68 bits per heavy atom. The van der Waals surface area contributed by atoms with Crippen molar-refractivity contribution in [2.45, 2.75) is 32.0 Å². The fourth-order valence-corrected chi connectivity index (χ4v) is 2.17. The predicted octanol–water partition coefficient (Wildman–Crippen LogP) is 1.49. The van der Waals surface area contributed by atoms with Crippen molar-refractivity contribution in [2.75, 3.05) is 20.2 Å². The molecule has 0 N–H and O–H groups in total. The number of carbonyl (C=O) groups is 1. The molecule has 5 heteroatoms. The van der Waals surface area contributed by atoms with Crippen LogP contribution in [0.25, 0.3) is 0 Å². The largest absolute Gasteiger partial charge is 0.479 e. The summed E-state index contributed by atoms with van der Waals surface area (Å²) in [6.45, 7) is 3.18. The summed E-state index contributed by atoms with van der Waals surface area (Å²) < 4.78 is 11.1. The van der Waals surface area contributed by atoms with Crippen LogP contribution in [0.2, 0.25) is 0 Å². The first-order valence-corrected chi connectivity index (χ1v) is 6.60. The molecule has 1 unspecified atom stereocenters. The minimum absolute atomic E-state index is 0.0423. The maximum Gasteiger partial charge on any atom is 0.263 e. The Morgan fingerprint density at radius 3 is 3.16 bits per heavy atom. The van der Waals surface area contributed by atoms with Gasteiger partial charge < -0.3 is 14.4 Å². The Kier molecular flexibility index (Phi) is 4.74. The van der Waals surface area contributed by atoms with Crippen LogP contribution in [0.1, 0.15) is 19.8 Å². The Balaban J connectivity index is 1.84. The summed E-state index contributed by atoms with van der Waals surface area (Å²) in [6.07, 6.45) is 5.02. The first-order chi connectivity index (χ1) is 9.16. The van der Waals surface area contributed by atoms with Crippen LogP contribution in [-0.2, 0) is 9.53 Å². The fraction of sp³-hybridized carbons (Fsp3) is 0.571. The van der Waals surface area contributed by atoms with Gasteiger partial charge in [-0.2, -0.15) is 0 Å². The van der Waals surface area contributed by atoms with Crippen molar-refractivity contribution in [3.05, 3.63) is 24.5 Å². The third kappa shape index (κ3) is 3.92. The molecule has 1 aliphatic heterocycles. The van der Waals surface area contributed by atoms with Crippen LogP contribution in [0, 0.1) is 0 Å². The molecule has 1 amide bonds. The van der Waals surface area contributed by atoms with Gasteiger partial charge in [0.2, 0.25) is 0 Å². The van der Waals surface area contributed by atoms with Gasteiger partial charge in [0.25, 0.3) is 5.91 Å². The number of amides is 1. The van der Waals surface area contributed by atoms with Gasteiger partial charge >= 0.3 is 0 Å². The monoisotopic (exact) mass is 264 g/mol. The van der Waals surface area contributed by atoms with Crippen molar-refractivity contribution >= 4 is 5.91 Å². The summed E-state index contributed by atoms with van der Waals surface area (Å²) in [5, 5.41) is 0. The van der Waals surface area contributed by atoms with Gasteiger partial charge in [0.15, 0.2) is 6.10 Å². The van der Waals surface area contributed by atoms with Gasteiger partial charge in [-0.1, -0.05) is 0 Å². The Hall–Kier alpha value is -1.62. The van der Waals surface area contributed by atoms with Gasteiger partial charge in [-0.05, 0) is 31.9 Å². The highest BCUT2D eigenvalue weighted by Crippen LogP contribution is 2.14. The van der Waals surface area contributed by atoms with Gasteiger partial charge in [-0.15, -0.1) is 0 Å². The van der Waals surface area contributed by atoms with Crippen molar-refractivity contribution < 1.29 is 14.3 Å². The molecule has 0 spiro atoms. The molecule has 1 aromatic heterocycles. The lowest BCUT2D eigenvalue weighted by molar-refractivity contribution is -0.138. The van der Waals surface area contributed by atoms with Crippen LogP contribution in [0.5, 0.6) is 5.75 Å². The summed E-state index contributed by atoms with van der Waals surface area (Å²) in [7, 11) is 1.78. The molecule has 19 heavy (non-hydrogen) atoms. The molecule has 1 fully saturated rings. The maximum atomic E-state index is 12.2. The van der Waals surface area contributed by atoms with E-state index in [4.69, 9.17) is 9.47 Å². The molecule has 1 aliphatic rings. The number of likely N-dealkylation sites (N-methyl/N-ethyl adjacent to an activating group) is 1. The SMILES string of the molecule is CC(Oc1cccnc1)C(=O)N(C)C[C@@H]1CCCO1. The average Bonchev–Trinajstić information content (AvgIpc) is 2.91. The Morgan fingerprint density at radius 2 is 2.53 bits per heavy atom. The predicted molar refractivity (Wildman–Crippen MR) is 70.9 cm³/mol. The molecule has 0 radical (unpaired) electrons. The first kappa shape index (κ1) is 13.8. The highest BCUT2D eigenvalue weighted by Gasteiger charge is 2.24. The number of hydrogen-bond acceptors (Lipinski definition) is 4. The number of pyridine rings is 1. The van der Waals surface area contributed by atoms with E-state index >= 15 is 0 Å². The minimum Gasteiger partial charge on any atom is -0.479 e. The smallest absolute Gasteiger partial charge is 0.263 e. The van der Waals surface area contributed by atoms with E-state index in [0.717, 1.165) is 19.4 Å². The number of rotatable bonds is 5. The standard InChI is InChI=1S/C14H20N2O3/c1-11(19-12-5-3-7-15-9-12)14(17)16(2)10-13-6-4-8-18-13/h3,5,7,9,11,13H,4,6,8,10H2,1-2H3/t11?,13-/m0/s1. The number of ether oxygens (including phenoxy) is 2. The molecule has 2 heterocycles. The van der Waals surface area contributed by atoms with E-state index in [0.29, 0.717) is 12.3 Å². The van der Waals surface area contributed by atoms with Crippen molar-refractivity contribution in [3.8, 4) is 5.75 Å². The van der Waals surface area contributed by atoms with E-state index in [2.05, 4.69) is 4.98 Å². The van der Waals surface area contributed by atoms with E-state index in [1.54, 1.807) is 43.4 Å². The van der Waals surface area contributed by atoms with Crippen LogP contribution >= 0.6 is 0 Å². The molecule has 0 saturated carbocycles. The van der Waals surface area contributed by atoms with Gasteiger partial charge in [0.1, 0.15) is 5.75 Å². The van der Waals surface area contributed by atoms with E-state index in [-0.39, 0.29) is 12.0 Å². The molecule has 2 atom stereocenters. The molecular weight excluding hydrogens is 244 g/mol. The summed E-state index contributed by atoms with van der Waals surface area (Å²) in [4.78, 5) is 17.8. The number of nitrogens with zero attached hydrogens (tertiary/aromatic N) is 2. The molecule has 0 aliphatic carbocycles. The fourth-order valence-electron chi connectivity index (χ4n) is 2.17. The zero-order chi connectivity index (χ0) is 13.7. The quantitative estimate of drug-likeness (QED) is 0.808. The molecular formula is C14H20N2O3. The summed E-state index contributed by atoms with van der Waals surface area (Å²) in [5.41, 5.74) is 0. The van der Waals surface area contributed by atoms with Crippen LogP contribution in [0.4, 0.5) is 0 Å². The van der Waals surface area contributed by atoms with Gasteiger partial charge in [0.05, 0.1) is 12.3 Å². The average molecular weight is 264 g/mol. The Labute approximate surface area is 113 Å². The van der Waals surface area contributed by atoms with E-state index < -0.39 is 6.10 Å². The number of hydrogen-bond donors (Lipinski definition) is 0. The summed E-state index contributed by atoms with van der Waals surface area (Å²) in [6, 6.07) is 3.57. The van der Waals surface area contributed by atoms with Crippen LogP contribution < -0.4 is 4.74 Å². The van der Waals surface area contributed by atoms with Gasteiger partial charge in [0, 0.05) is 26.4 Å². The highest BCUT2D eigenvalue weighted by atomic mass is 16.5. The molecule has 0 aromatic carbocycles. The molecule has 1 aromatic rings. The lowest BCUT2D eigenvalue weighted by atomic mass is 10.2. The third-order valence-electron chi connectivity index (χ3n) is 3.17. The second kappa shape index (κ2) is 6.52. The summed E-state index contributed by atoms with van der Waals surface area (Å²) >= 11 is 0. The van der Waals surface area contributed by atoms with E-state index in [1.165, 1.54) is 0 Å². The third-order valence-corrected chi connectivity index (χ3v) is 3.17. The topological polar surface area (TPSA) is 51.7 Å². The van der Waals surface area contributed by atoms with Crippen molar-refractivity contribution in [3.63, 3.8) is 0 Å². The molecule has 104 valence electrons. The van der Waals surface area contributed by atoms with Crippen molar-refractivity contribution in [1.29, 1.82) is 0 Å². The second-order valence-electron chi connectivity index (χ2n) is 4.80. The van der Waals surface area contributed by atoms with E-state index in [9.17, 15) is 4.79 Å². The number of carbonyl (C=O) groups excluding carboxylic acids is 1.